The molecule has 0 aliphatic heterocycles. The molecule has 0 radical (unpaired) electrons. The first-order valence-electron chi connectivity index (χ1n) is 13.0. The minimum Gasteiger partial charge on any atom is -1.00 e. The van der Waals surface area contributed by atoms with E-state index in [-0.39, 0.29) is 24.8 Å². The molecule has 5 rings (SSSR count). The zero-order valence-electron chi connectivity index (χ0n) is 22.3. The molecule has 5 heteroatoms. The summed E-state index contributed by atoms with van der Waals surface area (Å²) in [5, 5.41) is 3.41. The largest absolute Gasteiger partial charge is 1.00 e. The van der Waals surface area contributed by atoms with E-state index in [4.69, 9.17) is 0 Å². The fourth-order valence-electron chi connectivity index (χ4n) is 6.08. The van der Waals surface area contributed by atoms with Crippen LogP contribution in [0.25, 0.3) is 11.1 Å². The number of fused-ring (bicyclic) bond motifs is 3. The van der Waals surface area contributed by atoms with Crippen LogP contribution >= 0.6 is 0 Å². The summed E-state index contributed by atoms with van der Waals surface area (Å²) >= 11 is -2.10. The topological polar surface area (TPSA) is 0 Å². The van der Waals surface area contributed by atoms with Crippen molar-refractivity contribution in [3.63, 3.8) is 0 Å². The standard InChI is InChI=1S/C19H25Si2.C6H10.C5H5.2ClH.Zr/c1-20(2,3)16-7-9-18-14(12-16)11-15-13-17(21(4,5)6)8-10-19(15)18;1-2-4-6-5-3-1;1-2-4-5-3-1;;;/h7-10,12H,11H2,1-6H3;1-5H2;1-3H,4H2;2*1H;/q;;;;;+2/p-2. The van der Waals surface area contributed by atoms with Crippen molar-refractivity contribution in [2.45, 2.75) is 84.2 Å². The van der Waals surface area contributed by atoms with Crippen LogP contribution < -0.4 is 38.5 Å². The maximum Gasteiger partial charge on any atom is -1.00 e. The Labute approximate surface area is 235 Å². The van der Waals surface area contributed by atoms with E-state index in [0.29, 0.717) is 0 Å². The summed E-state index contributed by atoms with van der Waals surface area (Å²) in [7, 11) is -2.75. The van der Waals surface area contributed by atoms with Crippen LogP contribution in [0.4, 0.5) is 0 Å². The molecule has 0 N–H and O–H groups in total. The van der Waals surface area contributed by atoms with E-state index in [1.807, 2.05) is 9.76 Å². The summed E-state index contributed by atoms with van der Waals surface area (Å²) in [5.74, 6) is 0. The Morgan fingerprint density at radius 2 is 1.46 bits per heavy atom. The monoisotopic (exact) mass is 616 g/mol. The molecular weight excluding hydrogens is 579 g/mol. The second-order valence-corrected chi connectivity index (χ2v) is 28.9. The van der Waals surface area contributed by atoms with Gasteiger partial charge >= 0.3 is 213 Å². The molecule has 0 amide bonds. The molecule has 0 nitrogen and oxygen atoms in total. The van der Waals surface area contributed by atoms with Gasteiger partial charge in [-0.3, -0.25) is 0 Å². The zero-order valence-corrected chi connectivity index (χ0v) is 28.3. The zero-order chi connectivity index (χ0) is 23.4. The molecule has 35 heavy (non-hydrogen) atoms. The summed E-state index contributed by atoms with van der Waals surface area (Å²) in [6.45, 7) is 15.2. The average molecular weight is 619 g/mol. The predicted octanol–water partition coefficient (Wildman–Crippen LogP) is 0.580. The molecule has 3 aliphatic rings. The number of halogens is 2. The molecule has 0 aromatic heterocycles. The Balaban J connectivity index is 0.00000171. The van der Waals surface area contributed by atoms with Crippen LogP contribution in [-0.2, 0) is 27.7 Å². The summed E-state index contributed by atoms with van der Waals surface area (Å²) in [6.07, 6.45) is 16.8. The maximum atomic E-state index is 2.59. The average Bonchev–Trinajstić information content (AvgIpc) is 3.41. The Bertz CT molecular complexity index is 1200. The van der Waals surface area contributed by atoms with Crippen molar-refractivity contribution in [3.05, 3.63) is 63.0 Å². The van der Waals surface area contributed by atoms with Gasteiger partial charge in [-0.2, -0.15) is 0 Å². The van der Waals surface area contributed by atoms with Crippen molar-refractivity contribution in [1.29, 1.82) is 0 Å². The first kappa shape index (κ1) is 29.2. The predicted molar refractivity (Wildman–Crippen MR) is 150 cm³/mol. The van der Waals surface area contributed by atoms with Gasteiger partial charge in [0.05, 0.1) is 0 Å². The number of rotatable bonds is 4. The van der Waals surface area contributed by atoms with Crippen LogP contribution in [0.3, 0.4) is 0 Å². The minimum atomic E-state index is -2.10. The molecule has 2 aromatic carbocycles. The van der Waals surface area contributed by atoms with Gasteiger partial charge in [0.2, 0.25) is 0 Å². The number of allylic oxidation sites excluding steroid dienone is 4. The van der Waals surface area contributed by atoms with Gasteiger partial charge < -0.3 is 24.8 Å². The van der Waals surface area contributed by atoms with E-state index in [2.05, 4.69) is 87.8 Å². The minimum absolute atomic E-state index is 0. The SMILES string of the molecule is C[Si](C)(C)c1ccc2c(c1)Cc1c-2ccc([Si](C)(C)C)[c]1[Zr+2]([C]1=CC=CC1)=[C]1CCCCC1.[Cl-].[Cl-]. The Morgan fingerprint density at radius 3 is 2.06 bits per heavy atom. The van der Waals surface area contributed by atoms with Crippen LogP contribution in [0.15, 0.2) is 51.8 Å². The number of hydrogen-bond acceptors (Lipinski definition) is 0. The van der Waals surface area contributed by atoms with Crippen LogP contribution in [0, 0.1) is 0 Å². The maximum absolute atomic E-state index is 2.59. The van der Waals surface area contributed by atoms with Crippen molar-refractivity contribution in [2.24, 2.45) is 0 Å². The van der Waals surface area contributed by atoms with Crippen molar-refractivity contribution in [2.75, 3.05) is 0 Å². The molecule has 0 saturated heterocycles. The molecule has 1 saturated carbocycles. The molecule has 1 fully saturated rings. The molecule has 0 heterocycles. The van der Waals surface area contributed by atoms with Gasteiger partial charge in [-0.05, 0) is 0 Å². The fourth-order valence-corrected chi connectivity index (χ4v) is 20.7. The van der Waals surface area contributed by atoms with E-state index >= 15 is 0 Å². The fraction of sp³-hybridized carbons (Fsp3) is 0.433. The van der Waals surface area contributed by atoms with Crippen molar-refractivity contribution < 1.29 is 46.1 Å². The Kier molecular flexibility index (Phi) is 9.36. The van der Waals surface area contributed by atoms with Gasteiger partial charge in [0.1, 0.15) is 0 Å². The van der Waals surface area contributed by atoms with Crippen LogP contribution in [-0.4, -0.2) is 19.4 Å². The van der Waals surface area contributed by atoms with Crippen molar-refractivity contribution in [3.8, 4) is 11.1 Å². The van der Waals surface area contributed by atoms with Gasteiger partial charge in [0.25, 0.3) is 0 Å². The quantitative estimate of drug-likeness (QED) is 0.376. The van der Waals surface area contributed by atoms with Crippen molar-refractivity contribution in [1.82, 2.24) is 0 Å². The summed E-state index contributed by atoms with van der Waals surface area (Å²) in [6, 6.07) is 12.6. The van der Waals surface area contributed by atoms with Gasteiger partial charge in [-0.1, -0.05) is 0 Å². The van der Waals surface area contributed by atoms with E-state index in [0.717, 1.165) is 0 Å². The van der Waals surface area contributed by atoms with Crippen LogP contribution in [0.2, 0.25) is 39.3 Å². The molecule has 0 bridgehead atoms. The second kappa shape index (κ2) is 11.2. The van der Waals surface area contributed by atoms with E-state index in [9.17, 15) is 0 Å². The second-order valence-electron chi connectivity index (χ2n) is 12.4. The van der Waals surface area contributed by atoms with Gasteiger partial charge in [-0.15, -0.1) is 0 Å². The third-order valence-electron chi connectivity index (χ3n) is 7.90. The molecule has 0 unspecified atom stereocenters. The Hall–Kier alpha value is -0.313. The van der Waals surface area contributed by atoms with Crippen molar-refractivity contribution >= 4 is 33.0 Å². The smallest absolute Gasteiger partial charge is 1.00 e. The normalized spacial score (nSPS) is 16.5. The third kappa shape index (κ3) is 5.75. The van der Waals surface area contributed by atoms with Crippen LogP contribution in [0.5, 0.6) is 0 Å². The molecular formula is C30H40Cl2Si2Zr. The van der Waals surface area contributed by atoms with Gasteiger partial charge in [0, 0.05) is 0 Å². The van der Waals surface area contributed by atoms with Gasteiger partial charge in [0.15, 0.2) is 0 Å². The van der Waals surface area contributed by atoms with E-state index < -0.39 is 37.4 Å². The first-order valence-corrected chi connectivity index (χ1v) is 23.7. The van der Waals surface area contributed by atoms with E-state index in [1.165, 1.54) is 50.5 Å². The van der Waals surface area contributed by atoms with Crippen LogP contribution in [0.1, 0.15) is 49.7 Å². The molecule has 3 aliphatic carbocycles. The number of hydrogen-bond donors (Lipinski definition) is 0. The molecule has 0 spiro atoms. The first-order chi connectivity index (χ1) is 15.6. The third-order valence-corrected chi connectivity index (χ3v) is 20.7. The summed E-state index contributed by atoms with van der Waals surface area (Å²) in [4.78, 5) is 0. The summed E-state index contributed by atoms with van der Waals surface area (Å²) in [5.41, 5.74) is 6.46. The van der Waals surface area contributed by atoms with E-state index in [1.54, 1.807) is 27.1 Å². The molecule has 0 atom stereocenters. The summed E-state index contributed by atoms with van der Waals surface area (Å²) < 4.78 is 5.79. The molecule has 186 valence electrons. The number of benzene rings is 2. The van der Waals surface area contributed by atoms with Gasteiger partial charge in [-0.25, -0.2) is 0 Å². The Morgan fingerprint density at radius 1 is 0.771 bits per heavy atom. The molecule has 2 aromatic rings.